The number of hydrogen-bond acceptors (Lipinski definition) is 4. The second-order valence-corrected chi connectivity index (χ2v) is 4.74. The number of hydrogen-bond donors (Lipinski definition) is 1. The first-order chi connectivity index (χ1) is 9.24. The topological polar surface area (TPSA) is 43.4 Å². The van der Waals surface area contributed by atoms with E-state index in [1.807, 2.05) is 30.3 Å². The minimum atomic E-state index is 0.593. The molecule has 1 aromatic heterocycles. The highest BCUT2D eigenvalue weighted by Crippen LogP contribution is 2.26. The molecule has 19 heavy (non-hydrogen) atoms. The molecule has 0 amide bonds. The second kappa shape index (κ2) is 6.43. The summed E-state index contributed by atoms with van der Waals surface area (Å²) in [4.78, 5) is 4.14. The maximum Gasteiger partial charge on any atom is 0.237 e. The highest BCUT2D eigenvalue weighted by Gasteiger charge is 2.04. The SMILES string of the molecule is COc1ccc(CNc2cccnc2OC)cc1Br. The quantitative estimate of drug-likeness (QED) is 0.915. The lowest BCUT2D eigenvalue weighted by atomic mass is 10.2. The van der Waals surface area contributed by atoms with Crippen molar-refractivity contribution < 1.29 is 9.47 Å². The smallest absolute Gasteiger partial charge is 0.237 e. The van der Waals surface area contributed by atoms with Gasteiger partial charge in [0.05, 0.1) is 24.4 Å². The summed E-state index contributed by atoms with van der Waals surface area (Å²) >= 11 is 3.47. The van der Waals surface area contributed by atoms with Gasteiger partial charge in [0.1, 0.15) is 5.75 Å². The summed E-state index contributed by atoms with van der Waals surface area (Å²) in [6.45, 7) is 0.685. The number of nitrogens with zero attached hydrogens (tertiary/aromatic N) is 1. The molecule has 2 aromatic rings. The Labute approximate surface area is 120 Å². The first-order valence-electron chi connectivity index (χ1n) is 5.80. The van der Waals surface area contributed by atoms with E-state index in [-0.39, 0.29) is 0 Å². The molecule has 0 atom stereocenters. The van der Waals surface area contributed by atoms with Gasteiger partial charge in [0.25, 0.3) is 0 Å². The number of halogens is 1. The first-order valence-corrected chi connectivity index (χ1v) is 6.59. The maximum atomic E-state index is 5.20. The van der Waals surface area contributed by atoms with Gasteiger partial charge in [0.15, 0.2) is 0 Å². The summed E-state index contributed by atoms with van der Waals surface area (Å²) < 4.78 is 11.3. The van der Waals surface area contributed by atoms with Gasteiger partial charge in [-0.2, -0.15) is 0 Å². The minimum Gasteiger partial charge on any atom is -0.496 e. The van der Waals surface area contributed by atoms with Crippen molar-refractivity contribution in [3.8, 4) is 11.6 Å². The molecule has 0 saturated heterocycles. The molecule has 0 saturated carbocycles. The number of aromatic nitrogens is 1. The predicted molar refractivity (Wildman–Crippen MR) is 78.8 cm³/mol. The van der Waals surface area contributed by atoms with Gasteiger partial charge in [0, 0.05) is 12.7 Å². The van der Waals surface area contributed by atoms with Gasteiger partial charge in [-0.3, -0.25) is 0 Å². The van der Waals surface area contributed by atoms with Crippen LogP contribution in [0.2, 0.25) is 0 Å². The van der Waals surface area contributed by atoms with E-state index in [1.165, 1.54) is 0 Å². The lowest BCUT2D eigenvalue weighted by Gasteiger charge is -2.11. The summed E-state index contributed by atoms with van der Waals surface area (Å²) in [6.07, 6.45) is 1.70. The molecular weight excluding hydrogens is 308 g/mol. The van der Waals surface area contributed by atoms with Crippen molar-refractivity contribution in [2.24, 2.45) is 0 Å². The summed E-state index contributed by atoms with van der Waals surface area (Å²) in [7, 11) is 3.26. The number of anilines is 1. The van der Waals surface area contributed by atoms with Crippen LogP contribution in [0.1, 0.15) is 5.56 Å². The average Bonchev–Trinajstić information content (AvgIpc) is 2.45. The third-order valence-electron chi connectivity index (χ3n) is 2.66. The van der Waals surface area contributed by atoms with Gasteiger partial charge in [-0.1, -0.05) is 6.07 Å². The Hall–Kier alpha value is -1.75. The predicted octanol–water partition coefficient (Wildman–Crippen LogP) is 3.47. The fraction of sp³-hybridized carbons (Fsp3) is 0.214. The van der Waals surface area contributed by atoms with Crippen LogP contribution in [0, 0.1) is 0 Å². The Kier molecular flexibility index (Phi) is 4.63. The van der Waals surface area contributed by atoms with Gasteiger partial charge < -0.3 is 14.8 Å². The molecule has 1 heterocycles. The first kappa shape index (κ1) is 13.7. The van der Waals surface area contributed by atoms with Crippen molar-refractivity contribution in [3.63, 3.8) is 0 Å². The maximum absolute atomic E-state index is 5.20. The summed E-state index contributed by atoms with van der Waals surface area (Å²) in [5.74, 6) is 1.41. The van der Waals surface area contributed by atoms with Crippen LogP contribution < -0.4 is 14.8 Å². The largest absolute Gasteiger partial charge is 0.496 e. The van der Waals surface area contributed by atoms with Crippen LogP contribution in [-0.4, -0.2) is 19.2 Å². The number of methoxy groups -OCH3 is 2. The number of rotatable bonds is 5. The van der Waals surface area contributed by atoms with E-state index in [0.717, 1.165) is 21.5 Å². The van der Waals surface area contributed by atoms with Crippen LogP contribution in [0.3, 0.4) is 0 Å². The standard InChI is InChI=1S/C14H15BrN2O2/c1-18-13-6-5-10(8-11(13)15)9-17-12-4-3-7-16-14(12)19-2/h3-8,17H,9H2,1-2H3. The van der Waals surface area contributed by atoms with E-state index in [0.29, 0.717) is 12.4 Å². The van der Waals surface area contributed by atoms with Gasteiger partial charge in [0.2, 0.25) is 5.88 Å². The van der Waals surface area contributed by atoms with Crippen molar-refractivity contribution >= 4 is 21.6 Å². The van der Waals surface area contributed by atoms with E-state index in [2.05, 4.69) is 26.2 Å². The van der Waals surface area contributed by atoms with Crippen LogP contribution in [0.25, 0.3) is 0 Å². The van der Waals surface area contributed by atoms with Crippen molar-refractivity contribution in [1.29, 1.82) is 0 Å². The third-order valence-corrected chi connectivity index (χ3v) is 3.28. The molecule has 0 unspecified atom stereocenters. The molecule has 2 rings (SSSR count). The number of ether oxygens (including phenoxy) is 2. The number of benzene rings is 1. The van der Waals surface area contributed by atoms with Crippen LogP contribution in [-0.2, 0) is 6.54 Å². The molecule has 0 aliphatic carbocycles. The zero-order valence-corrected chi connectivity index (χ0v) is 12.4. The zero-order chi connectivity index (χ0) is 13.7. The van der Waals surface area contributed by atoms with Crippen LogP contribution in [0.15, 0.2) is 41.0 Å². The highest BCUT2D eigenvalue weighted by atomic mass is 79.9. The van der Waals surface area contributed by atoms with E-state index < -0.39 is 0 Å². The summed E-state index contributed by atoms with van der Waals surface area (Å²) in [6, 6.07) is 9.77. The van der Waals surface area contributed by atoms with Crippen molar-refractivity contribution in [1.82, 2.24) is 4.98 Å². The molecule has 0 radical (unpaired) electrons. The lowest BCUT2D eigenvalue weighted by molar-refractivity contribution is 0.399. The normalized spacial score (nSPS) is 10.1. The zero-order valence-electron chi connectivity index (χ0n) is 10.8. The molecular formula is C14H15BrN2O2. The van der Waals surface area contributed by atoms with Gasteiger partial charge in [-0.05, 0) is 45.8 Å². The number of pyridine rings is 1. The average molecular weight is 323 g/mol. The Bertz CT molecular complexity index is 561. The van der Waals surface area contributed by atoms with Gasteiger partial charge in [-0.25, -0.2) is 4.98 Å². The molecule has 1 aromatic carbocycles. The molecule has 1 N–H and O–H groups in total. The second-order valence-electron chi connectivity index (χ2n) is 3.88. The fourth-order valence-corrected chi connectivity index (χ4v) is 2.29. The van der Waals surface area contributed by atoms with E-state index in [4.69, 9.17) is 9.47 Å². The van der Waals surface area contributed by atoms with Crippen molar-refractivity contribution in [2.45, 2.75) is 6.54 Å². The van der Waals surface area contributed by atoms with E-state index in [1.54, 1.807) is 20.4 Å². The third kappa shape index (κ3) is 3.38. The molecule has 5 heteroatoms. The molecule has 0 aliphatic heterocycles. The molecule has 0 spiro atoms. The van der Waals surface area contributed by atoms with Gasteiger partial charge >= 0.3 is 0 Å². The number of nitrogens with one attached hydrogen (secondary N) is 1. The Morgan fingerprint density at radius 3 is 2.74 bits per heavy atom. The highest BCUT2D eigenvalue weighted by molar-refractivity contribution is 9.10. The van der Waals surface area contributed by atoms with Crippen LogP contribution in [0.4, 0.5) is 5.69 Å². The van der Waals surface area contributed by atoms with Crippen LogP contribution in [0.5, 0.6) is 11.6 Å². The molecule has 4 nitrogen and oxygen atoms in total. The van der Waals surface area contributed by atoms with Crippen LogP contribution >= 0.6 is 15.9 Å². The Morgan fingerprint density at radius 1 is 1.21 bits per heavy atom. The lowest BCUT2D eigenvalue weighted by Crippen LogP contribution is -2.02. The summed E-state index contributed by atoms with van der Waals surface area (Å²) in [5, 5.41) is 3.30. The molecule has 100 valence electrons. The van der Waals surface area contributed by atoms with E-state index >= 15 is 0 Å². The fourth-order valence-electron chi connectivity index (χ4n) is 1.71. The molecule has 0 bridgehead atoms. The van der Waals surface area contributed by atoms with Crippen molar-refractivity contribution in [3.05, 3.63) is 46.6 Å². The molecule has 0 fully saturated rings. The Balaban J connectivity index is 2.08. The summed E-state index contributed by atoms with van der Waals surface area (Å²) in [5.41, 5.74) is 2.01. The Morgan fingerprint density at radius 2 is 2.05 bits per heavy atom. The molecule has 0 aliphatic rings. The van der Waals surface area contributed by atoms with Crippen molar-refractivity contribution in [2.75, 3.05) is 19.5 Å². The van der Waals surface area contributed by atoms with E-state index in [9.17, 15) is 0 Å². The minimum absolute atomic E-state index is 0.593. The monoisotopic (exact) mass is 322 g/mol. The van der Waals surface area contributed by atoms with Gasteiger partial charge in [-0.15, -0.1) is 0 Å².